The summed E-state index contributed by atoms with van der Waals surface area (Å²) in [5, 5.41) is 14.5. The van der Waals surface area contributed by atoms with Crippen molar-refractivity contribution in [2.24, 2.45) is 5.73 Å². The number of carbonyl (C=O) groups is 1. The SMILES string of the molecule is NC(=O)c1csc(CN[C@H](CO)Cc2ccccc2)c1. The molecule has 2 rings (SSSR count). The molecule has 20 heavy (non-hydrogen) atoms. The van der Waals surface area contributed by atoms with Crippen molar-refractivity contribution >= 4 is 17.2 Å². The second-order valence-corrected chi connectivity index (χ2v) is 5.61. The molecule has 0 saturated heterocycles. The molecule has 0 aliphatic carbocycles. The highest BCUT2D eigenvalue weighted by molar-refractivity contribution is 7.10. The van der Waals surface area contributed by atoms with Crippen LogP contribution in [0.1, 0.15) is 20.8 Å². The van der Waals surface area contributed by atoms with E-state index >= 15 is 0 Å². The van der Waals surface area contributed by atoms with Gasteiger partial charge in [0.25, 0.3) is 0 Å². The van der Waals surface area contributed by atoms with Crippen LogP contribution in [0.25, 0.3) is 0 Å². The first-order chi connectivity index (χ1) is 9.69. The Morgan fingerprint density at radius 3 is 2.70 bits per heavy atom. The first kappa shape index (κ1) is 14.7. The maximum Gasteiger partial charge on any atom is 0.249 e. The van der Waals surface area contributed by atoms with E-state index in [1.54, 1.807) is 11.4 Å². The molecule has 0 fully saturated rings. The molecule has 0 aliphatic heterocycles. The Balaban J connectivity index is 1.88. The molecular weight excluding hydrogens is 272 g/mol. The highest BCUT2D eigenvalue weighted by atomic mass is 32.1. The molecule has 1 aromatic carbocycles. The van der Waals surface area contributed by atoms with Crippen molar-refractivity contribution in [3.05, 3.63) is 57.8 Å². The number of rotatable bonds is 7. The second kappa shape index (κ2) is 7.19. The Morgan fingerprint density at radius 1 is 1.35 bits per heavy atom. The fourth-order valence-corrected chi connectivity index (χ4v) is 2.77. The summed E-state index contributed by atoms with van der Waals surface area (Å²) < 4.78 is 0. The quantitative estimate of drug-likeness (QED) is 0.724. The van der Waals surface area contributed by atoms with Crippen molar-refractivity contribution in [1.82, 2.24) is 5.32 Å². The average molecular weight is 290 g/mol. The molecule has 4 nitrogen and oxygen atoms in total. The molecule has 5 heteroatoms. The number of carbonyl (C=O) groups excluding carboxylic acids is 1. The van der Waals surface area contributed by atoms with Gasteiger partial charge in [0.15, 0.2) is 0 Å². The molecule has 0 spiro atoms. The number of aliphatic hydroxyl groups is 1. The lowest BCUT2D eigenvalue weighted by Gasteiger charge is -2.15. The summed E-state index contributed by atoms with van der Waals surface area (Å²) >= 11 is 1.49. The van der Waals surface area contributed by atoms with Gasteiger partial charge in [-0.15, -0.1) is 11.3 Å². The molecule has 106 valence electrons. The molecule has 1 amide bonds. The number of nitrogens with two attached hydrogens (primary N) is 1. The Labute approximate surface area is 122 Å². The number of thiophene rings is 1. The van der Waals surface area contributed by atoms with E-state index in [4.69, 9.17) is 5.73 Å². The number of benzene rings is 1. The lowest BCUT2D eigenvalue weighted by atomic mass is 10.1. The summed E-state index contributed by atoms with van der Waals surface area (Å²) in [5.74, 6) is -0.407. The van der Waals surface area contributed by atoms with E-state index in [1.807, 2.05) is 30.3 Å². The van der Waals surface area contributed by atoms with Crippen LogP contribution >= 0.6 is 11.3 Å². The van der Waals surface area contributed by atoms with E-state index in [-0.39, 0.29) is 12.6 Å². The van der Waals surface area contributed by atoms with Gasteiger partial charge >= 0.3 is 0 Å². The van der Waals surface area contributed by atoms with Crippen molar-refractivity contribution in [2.75, 3.05) is 6.61 Å². The maximum atomic E-state index is 11.0. The first-order valence-corrected chi connectivity index (χ1v) is 7.32. The third kappa shape index (κ3) is 4.16. The van der Waals surface area contributed by atoms with Crippen molar-refractivity contribution in [2.45, 2.75) is 19.0 Å². The predicted octanol–water partition coefficient (Wildman–Crippen LogP) is 1.54. The van der Waals surface area contributed by atoms with Crippen LogP contribution in [0.2, 0.25) is 0 Å². The monoisotopic (exact) mass is 290 g/mol. The van der Waals surface area contributed by atoms with Crippen molar-refractivity contribution < 1.29 is 9.90 Å². The predicted molar refractivity (Wildman–Crippen MR) is 80.7 cm³/mol. The van der Waals surface area contributed by atoms with Gasteiger partial charge in [-0.05, 0) is 18.1 Å². The number of nitrogens with one attached hydrogen (secondary N) is 1. The van der Waals surface area contributed by atoms with Crippen molar-refractivity contribution in [1.29, 1.82) is 0 Å². The summed E-state index contributed by atoms with van der Waals surface area (Å²) in [7, 11) is 0. The van der Waals surface area contributed by atoms with E-state index in [9.17, 15) is 9.90 Å². The molecular formula is C15H18N2O2S. The summed E-state index contributed by atoms with van der Waals surface area (Å²) in [6, 6.07) is 11.8. The van der Waals surface area contributed by atoms with E-state index in [0.717, 1.165) is 11.3 Å². The highest BCUT2D eigenvalue weighted by Gasteiger charge is 2.10. The standard InChI is InChI=1S/C15H18N2O2S/c16-15(19)12-7-14(20-10-12)8-17-13(9-18)6-11-4-2-1-3-5-11/h1-5,7,10,13,17-18H,6,8-9H2,(H2,16,19)/t13-/m0/s1. The minimum absolute atomic E-state index is 0.00321. The zero-order chi connectivity index (χ0) is 14.4. The lowest BCUT2D eigenvalue weighted by molar-refractivity contribution is 0.100. The number of primary amides is 1. The van der Waals surface area contributed by atoms with E-state index in [0.29, 0.717) is 12.1 Å². The molecule has 0 radical (unpaired) electrons. The molecule has 1 heterocycles. The molecule has 2 aromatic rings. The van der Waals surface area contributed by atoms with E-state index < -0.39 is 5.91 Å². The zero-order valence-corrected chi connectivity index (χ0v) is 11.9. The molecule has 0 unspecified atom stereocenters. The van der Waals surface area contributed by atoms with Gasteiger partial charge in [0.05, 0.1) is 12.2 Å². The number of aliphatic hydroxyl groups excluding tert-OH is 1. The topological polar surface area (TPSA) is 75.4 Å². The van der Waals surface area contributed by atoms with Crippen molar-refractivity contribution in [3.63, 3.8) is 0 Å². The number of hydrogen-bond acceptors (Lipinski definition) is 4. The molecule has 0 saturated carbocycles. The molecule has 1 atom stereocenters. The van der Waals surface area contributed by atoms with Gasteiger partial charge in [-0.25, -0.2) is 0 Å². The Morgan fingerprint density at radius 2 is 2.10 bits per heavy atom. The normalized spacial score (nSPS) is 12.2. The van der Waals surface area contributed by atoms with E-state index in [2.05, 4.69) is 5.32 Å². The van der Waals surface area contributed by atoms with Gasteiger partial charge in [0.1, 0.15) is 0 Å². The minimum atomic E-state index is -0.407. The molecule has 0 aliphatic rings. The Bertz CT molecular complexity index is 554. The van der Waals surface area contributed by atoms with Crippen LogP contribution in [-0.2, 0) is 13.0 Å². The van der Waals surface area contributed by atoms with Crippen LogP contribution in [0.15, 0.2) is 41.8 Å². The van der Waals surface area contributed by atoms with Crippen LogP contribution in [0, 0.1) is 0 Å². The summed E-state index contributed by atoms with van der Waals surface area (Å²) in [6.07, 6.45) is 0.769. The van der Waals surface area contributed by atoms with Gasteiger partial charge in [-0.3, -0.25) is 4.79 Å². The first-order valence-electron chi connectivity index (χ1n) is 6.44. The van der Waals surface area contributed by atoms with Crippen LogP contribution in [0.4, 0.5) is 0 Å². The smallest absolute Gasteiger partial charge is 0.249 e. The van der Waals surface area contributed by atoms with Gasteiger partial charge < -0.3 is 16.2 Å². The maximum absolute atomic E-state index is 11.0. The minimum Gasteiger partial charge on any atom is -0.395 e. The third-order valence-corrected chi connectivity index (χ3v) is 3.99. The molecule has 4 N–H and O–H groups in total. The second-order valence-electron chi connectivity index (χ2n) is 4.62. The van der Waals surface area contributed by atoms with Gasteiger partial charge in [-0.1, -0.05) is 30.3 Å². The van der Waals surface area contributed by atoms with Gasteiger partial charge in [-0.2, -0.15) is 0 Å². The summed E-state index contributed by atoms with van der Waals surface area (Å²) in [6.45, 7) is 0.693. The van der Waals surface area contributed by atoms with Crippen molar-refractivity contribution in [3.8, 4) is 0 Å². The molecule has 0 bridgehead atoms. The largest absolute Gasteiger partial charge is 0.395 e. The van der Waals surface area contributed by atoms with Crippen LogP contribution in [-0.4, -0.2) is 23.7 Å². The number of amides is 1. The highest BCUT2D eigenvalue weighted by Crippen LogP contribution is 2.14. The fourth-order valence-electron chi connectivity index (χ4n) is 1.95. The van der Waals surface area contributed by atoms with Crippen LogP contribution in [0.3, 0.4) is 0 Å². The van der Waals surface area contributed by atoms with Gasteiger partial charge in [0.2, 0.25) is 5.91 Å². The third-order valence-electron chi connectivity index (χ3n) is 3.05. The zero-order valence-electron chi connectivity index (χ0n) is 11.1. The van der Waals surface area contributed by atoms with E-state index in [1.165, 1.54) is 16.9 Å². The summed E-state index contributed by atoms with van der Waals surface area (Å²) in [5.41, 5.74) is 6.94. The Hall–Kier alpha value is -1.69. The molecule has 1 aromatic heterocycles. The fraction of sp³-hybridized carbons (Fsp3) is 0.267. The number of hydrogen-bond donors (Lipinski definition) is 3. The average Bonchev–Trinajstić information content (AvgIpc) is 2.93. The van der Waals surface area contributed by atoms with Gasteiger partial charge in [0, 0.05) is 22.8 Å². The van der Waals surface area contributed by atoms with Crippen LogP contribution < -0.4 is 11.1 Å². The van der Waals surface area contributed by atoms with Crippen LogP contribution in [0.5, 0.6) is 0 Å². The lowest BCUT2D eigenvalue weighted by Crippen LogP contribution is -2.33. The Kier molecular flexibility index (Phi) is 5.29. The summed E-state index contributed by atoms with van der Waals surface area (Å²) in [4.78, 5) is 12.1.